The molecule has 0 saturated carbocycles. The Bertz CT molecular complexity index is 3260. The number of ether oxygens (including phenoxy) is 1. The van der Waals surface area contributed by atoms with Gasteiger partial charge in [-0.15, -0.1) is 0 Å². The van der Waals surface area contributed by atoms with Gasteiger partial charge in [-0.05, 0) is 91.9 Å². The average molecular weight is 778 g/mol. The van der Waals surface area contributed by atoms with Crippen LogP contribution < -0.4 is 9.64 Å². The van der Waals surface area contributed by atoms with Gasteiger partial charge in [-0.3, -0.25) is 0 Å². The van der Waals surface area contributed by atoms with Crippen LogP contribution in [0.4, 0.5) is 17.1 Å². The Morgan fingerprint density at radius 1 is 0.328 bits per heavy atom. The molecule has 0 bridgehead atoms. The SMILES string of the molecule is c1ccc(-c2ccc(N(c3ccc(-c4cccc5c4-c4ccccc4C54c5ccccc5Oc5c4ccc4ccccc54)cc3)c3ccccc3-c3ccccc3)cc2)cc1. The van der Waals surface area contributed by atoms with Gasteiger partial charge in [0.1, 0.15) is 11.5 Å². The number of benzene rings is 10. The molecule has 0 fully saturated rings. The van der Waals surface area contributed by atoms with Gasteiger partial charge in [0.05, 0.1) is 11.1 Å². The predicted octanol–water partition coefficient (Wildman–Crippen LogP) is 15.8. The zero-order valence-electron chi connectivity index (χ0n) is 33.4. The van der Waals surface area contributed by atoms with Crippen molar-refractivity contribution in [2.24, 2.45) is 0 Å². The lowest BCUT2D eigenvalue weighted by atomic mass is 9.65. The Hall–Kier alpha value is -7.94. The molecule has 1 aliphatic carbocycles. The van der Waals surface area contributed by atoms with E-state index < -0.39 is 5.41 Å². The number of para-hydroxylation sites is 2. The number of fused-ring (bicyclic) bond motifs is 11. The average Bonchev–Trinajstić information content (AvgIpc) is 3.63. The second kappa shape index (κ2) is 14.1. The van der Waals surface area contributed by atoms with Crippen molar-refractivity contribution in [1.82, 2.24) is 0 Å². The predicted molar refractivity (Wildman–Crippen MR) is 252 cm³/mol. The van der Waals surface area contributed by atoms with Crippen molar-refractivity contribution >= 4 is 27.8 Å². The number of nitrogens with zero attached hydrogens (tertiary/aromatic N) is 1. The van der Waals surface area contributed by atoms with E-state index in [1.165, 1.54) is 72.1 Å². The van der Waals surface area contributed by atoms with E-state index in [0.717, 1.165) is 33.9 Å². The van der Waals surface area contributed by atoms with E-state index in [1.807, 2.05) is 0 Å². The summed E-state index contributed by atoms with van der Waals surface area (Å²) in [7, 11) is 0. The fourth-order valence-corrected chi connectivity index (χ4v) is 10.1. The third kappa shape index (κ3) is 5.43. The highest BCUT2D eigenvalue weighted by Crippen LogP contribution is 2.64. The molecule has 286 valence electrons. The molecule has 1 unspecified atom stereocenters. The maximum Gasteiger partial charge on any atom is 0.140 e. The minimum Gasteiger partial charge on any atom is -0.456 e. The summed E-state index contributed by atoms with van der Waals surface area (Å²) >= 11 is 0. The van der Waals surface area contributed by atoms with Crippen LogP contribution >= 0.6 is 0 Å². The van der Waals surface area contributed by atoms with Crippen LogP contribution in [-0.2, 0) is 5.41 Å². The summed E-state index contributed by atoms with van der Waals surface area (Å²) in [4.78, 5) is 2.39. The number of rotatable bonds is 6. The number of anilines is 3. The van der Waals surface area contributed by atoms with Crippen LogP contribution in [0.5, 0.6) is 11.5 Å². The van der Waals surface area contributed by atoms with Gasteiger partial charge in [-0.2, -0.15) is 0 Å². The Kier molecular flexibility index (Phi) is 8.11. The molecule has 0 saturated heterocycles. The minimum absolute atomic E-state index is 0.556. The zero-order chi connectivity index (χ0) is 40.3. The molecular weight excluding hydrogens is 739 g/mol. The maximum atomic E-state index is 6.89. The molecule has 1 aliphatic heterocycles. The maximum absolute atomic E-state index is 6.89. The van der Waals surface area contributed by atoms with Gasteiger partial charge < -0.3 is 9.64 Å². The molecule has 1 atom stereocenters. The Morgan fingerprint density at radius 3 is 1.64 bits per heavy atom. The first-order chi connectivity index (χ1) is 30.3. The summed E-state index contributed by atoms with van der Waals surface area (Å²) < 4.78 is 6.89. The summed E-state index contributed by atoms with van der Waals surface area (Å²) in [6.07, 6.45) is 0. The molecule has 1 heterocycles. The Labute approximate surface area is 356 Å². The van der Waals surface area contributed by atoms with E-state index in [9.17, 15) is 0 Å². The molecule has 0 N–H and O–H groups in total. The highest BCUT2D eigenvalue weighted by molar-refractivity contribution is 6.00. The molecule has 2 nitrogen and oxygen atoms in total. The molecular formula is C59H39NO. The molecule has 0 amide bonds. The summed E-state index contributed by atoms with van der Waals surface area (Å²) in [6, 6.07) is 85.7. The van der Waals surface area contributed by atoms with E-state index in [-0.39, 0.29) is 0 Å². The van der Waals surface area contributed by atoms with Gasteiger partial charge in [0.2, 0.25) is 0 Å². The fourth-order valence-electron chi connectivity index (χ4n) is 10.1. The van der Waals surface area contributed by atoms with Crippen LogP contribution in [0.15, 0.2) is 237 Å². The molecule has 0 radical (unpaired) electrons. The van der Waals surface area contributed by atoms with Gasteiger partial charge in [0.25, 0.3) is 0 Å². The Morgan fingerprint density at radius 2 is 0.869 bits per heavy atom. The van der Waals surface area contributed by atoms with Crippen LogP contribution in [0.2, 0.25) is 0 Å². The van der Waals surface area contributed by atoms with Gasteiger partial charge in [0.15, 0.2) is 0 Å². The fraction of sp³-hybridized carbons (Fsp3) is 0.0169. The van der Waals surface area contributed by atoms with Crippen molar-refractivity contribution in [3.63, 3.8) is 0 Å². The quantitative estimate of drug-likeness (QED) is 0.167. The lowest BCUT2D eigenvalue weighted by Crippen LogP contribution is -2.32. The molecule has 10 aromatic rings. The zero-order valence-corrected chi connectivity index (χ0v) is 33.4. The molecule has 2 heteroatoms. The molecule has 12 rings (SSSR count). The molecule has 0 aromatic heterocycles. The third-order valence-electron chi connectivity index (χ3n) is 12.8. The first-order valence-electron chi connectivity index (χ1n) is 21.0. The lowest BCUT2D eigenvalue weighted by Gasteiger charge is -2.39. The first kappa shape index (κ1) is 35.0. The first-order valence-corrected chi connectivity index (χ1v) is 21.0. The molecule has 1 spiro atoms. The minimum atomic E-state index is -0.556. The van der Waals surface area contributed by atoms with E-state index in [4.69, 9.17) is 4.74 Å². The van der Waals surface area contributed by atoms with E-state index in [1.54, 1.807) is 0 Å². The van der Waals surface area contributed by atoms with E-state index in [0.29, 0.717) is 0 Å². The number of hydrogen-bond acceptors (Lipinski definition) is 2. The van der Waals surface area contributed by atoms with Gasteiger partial charge >= 0.3 is 0 Å². The van der Waals surface area contributed by atoms with Crippen LogP contribution in [0.25, 0.3) is 55.3 Å². The van der Waals surface area contributed by atoms with Crippen LogP contribution in [0, 0.1) is 0 Å². The van der Waals surface area contributed by atoms with Crippen LogP contribution in [0.3, 0.4) is 0 Å². The standard InChI is InChI=1S/C59H39NO/c1-3-16-40(17-4-1)41-30-35-45(36-31-41)60(55-28-13-10-21-47(55)42-18-5-2-6-19-42)46-37-32-44(33-38-46)48-24-15-27-53-57(48)50-23-9-11-25-51(50)59(53)52-26-12-14-29-56(52)61-58-49-22-8-7-20-43(49)34-39-54(58)59/h1-39H. The highest BCUT2D eigenvalue weighted by atomic mass is 16.5. The van der Waals surface area contributed by atoms with Crippen molar-refractivity contribution < 1.29 is 4.74 Å². The van der Waals surface area contributed by atoms with E-state index in [2.05, 4.69) is 241 Å². The largest absolute Gasteiger partial charge is 0.456 e. The van der Waals surface area contributed by atoms with Gasteiger partial charge in [-0.1, -0.05) is 200 Å². The van der Waals surface area contributed by atoms with Crippen molar-refractivity contribution in [2.45, 2.75) is 5.41 Å². The summed E-state index contributed by atoms with van der Waals surface area (Å²) in [5.74, 6) is 1.83. The second-order valence-corrected chi connectivity index (χ2v) is 16.0. The summed E-state index contributed by atoms with van der Waals surface area (Å²) in [5.41, 5.74) is 17.3. The van der Waals surface area contributed by atoms with Crippen LogP contribution in [-0.4, -0.2) is 0 Å². The highest BCUT2D eigenvalue weighted by Gasteiger charge is 2.51. The topological polar surface area (TPSA) is 12.5 Å². The summed E-state index contributed by atoms with van der Waals surface area (Å²) in [6.45, 7) is 0. The Balaban J connectivity index is 1.03. The van der Waals surface area contributed by atoms with Crippen molar-refractivity contribution in [1.29, 1.82) is 0 Å². The molecule has 2 aliphatic rings. The van der Waals surface area contributed by atoms with Gasteiger partial charge in [-0.25, -0.2) is 0 Å². The lowest BCUT2D eigenvalue weighted by molar-refractivity contribution is 0.441. The molecule has 10 aromatic carbocycles. The summed E-state index contributed by atoms with van der Waals surface area (Å²) in [5, 5.41) is 2.29. The van der Waals surface area contributed by atoms with Crippen molar-refractivity contribution in [3.05, 3.63) is 259 Å². The molecule has 61 heavy (non-hydrogen) atoms. The second-order valence-electron chi connectivity index (χ2n) is 16.0. The third-order valence-corrected chi connectivity index (χ3v) is 12.8. The van der Waals surface area contributed by atoms with Crippen LogP contribution in [0.1, 0.15) is 22.3 Å². The normalized spacial score (nSPS) is 14.4. The van der Waals surface area contributed by atoms with Gasteiger partial charge in [0, 0.05) is 33.5 Å². The monoisotopic (exact) mass is 777 g/mol. The van der Waals surface area contributed by atoms with Crippen molar-refractivity contribution in [2.75, 3.05) is 4.90 Å². The number of hydrogen-bond donors (Lipinski definition) is 0. The smallest absolute Gasteiger partial charge is 0.140 e. The van der Waals surface area contributed by atoms with E-state index >= 15 is 0 Å². The van der Waals surface area contributed by atoms with Crippen molar-refractivity contribution in [3.8, 4) is 56.0 Å².